The van der Waals surface area contributed by atoms with Gasteiger partial charge in [-0.15, -0.1) is 0 Å². The van der Waals surface area contributed by atoms with Gasteiger partial charge in [0.2, 0.25) is 15.9 Å². The Bertz CT molecular complexity index is 1200. The van der Waals surface area contributed by atoms with E-state index in [1.54, 1.807) is 12.1 Å². The van der Waals surface area contributed by atoms with Gasteiger partial charge < -0.3 is 9.80 Å². The molecule has 8 heteroatoms. The number of amides is 2. The SMILES string of the molecule is Cc1ccc(S(=O)(=O)N2CCN(C(=O)C3CCC(CN4Cc5ccccc5C4=O)CC3)CC2)cc1. The number of carbonyl (C=O) groups is 2. The average molecular weight is 496 g/mol. The van der Waals surface area contributed by atoms with Gasteiger partial charge in [0.05, 0.1) is 4.90 Å². The molecule has 2 aromatic carbocycles. The molecule has 0 aromatic heterocycles. The molecule has 2 aromatic rings. The topological polar surface area (TPSA) is 78.0 Å². The lowest BCUT2D eigenvalue weighted by Gasteiger charge is -2.37. The van der Waals surface area contributed by atoms with Crippen LogP contribution in [0.2, 0.25) is 0 Å². The zero-order valence-electron chi connectivity index (χ0n) is 20.2. The second-order valence-electron chi connectivity index (χ2n) is 10.1. The number of benzene rings is 2. The molecule has 2 fully saturated rings. The third kappa shape index (κ3) is 4.86. The summed E-state index contributed by atoms with van der Waals surface area (Å²) < 4.78 is 27.4. The maximum Gasteiger partial charge on any atom is 0.254 e. The van der Waals surface area contributed by atoms with Crippen molar-refractivity contribution < 1.29 is 18.0 Å². The molecule has 1 saturated heterocycles. The minimum Gasteiger partial charge on any atom is -0.340 e. The molecule has 2 heterocycles. The summed E-state index contributed by atoms with van der Waals surface area (Å²) in [6, 6.07) is 14.7. The molecule has 7 nitrogen and oxygen atoms in total. The predicted octanol–water partition coefficient (Wildman–Crippen LogP) is 3.29. The Morgan fingerprint density at radius 3 is 2.23 bits per heavy atom. The molecule has 2 amide bonds. The molecule has 0 spiro atoms. The third-order valence-electron chi connectivity index (χ3n) is 7.78. The van der Waals surface area contributed by atoms with E-state index in [1.807, 2.05) is 53.1 Å². The van der Waals surface area contributed by atoms with Crippen LogP contribution >= 0.6 is 0 Å². The van der Waals surface area contributed by atoms with E-state index in [0.717, 1.165) is 48.9 Å². The molecular formula is C27H33N3O4S. The first-order chi connectivity index (χ1) is 16.8. The standard InChI is InChI=1S/C27H33N3O4S/c1-20-6-12-24(13-7-20)35(33,34)30-16-14-28(15-17-30)26(31)22-10-8-21(9-11-22)18-29-19-23-4-2-3-5-25(23)27(29)32/h2-7,12-13,21-22H,8-11,14-19H2,1H3. The Hall–Kier alpha value is -2.71. The summed E-state index contributed by atoms with van der Waals surface area (Å²) in [4.78, 5) is 29.9. The monoisotopic (exact) mass is 495 g/mol. The van der Waals surface area contributed by atoms with E-state index in [9.17, 15) is 18.0 Å². The molecule has 0 bridgehead atoms. The quantitative estimate of drug-likeness (QED) is 0.638. The molecular weight excluding hydrogens is 462 g/mol. The van der Waals surface area contributed by atoms with Crippen molar-refractivity contribution in [3.05, 3.63) is 65.2 Å². The van der Waals surface area contributed by atoms with Crippen LogP contribution in [0.4, 0.5) is 0 Å². The van der Waals surface area contributed by atoms with Crippen molar-refractivity contribution in [3.63, 3.8) is 0 Å². The second kappa shape index (κ2) is 9.74. The Balaban J connectivity index is 1.10. The van der Waals surface area contributed by atoms with Gasteiger partial charge in [-0.2, -0.15) is 4.31 Å². The smallest absolute Gasteiger partial charge is 0.254 e. The van der Waals surface area contributed by atoms with E-state index in [-0.39, 0.29) is 17.7 Å². The van der Waals surface area contributed by atoms with Crippen molar-refractivity contribution >= 4 is 21.8 Å². The number of carbonyl (C=O) groups excluding carboxylic acids is 2. The molecule has 0 unspecified atom stereocenters. The summed E-state index contributed by atoms with van der Waals surface area (Å²) in [5.41, 5.74) is 2.94. The molecule has 5 rings (SSSR count). The summed E-state index contributed by atoms with van der Waals surface area (Å²) in [6.45, 7) is 4.89. The van der Waals surface area contributed by atoms with Gasteiger partial charge in [-0.3, -0.25) is 9.59 Å². The minimum absolute atomic E-state index is 0.00187. The summed E-state index contributed by atoms with van der Waals surface area (Å²) in [5.74, 6) is 0.699. The largest absolute Gasteiger partial charge is 0.340 e. The fourth-order valence-corrected chi connectivity index (χ4v) is 7.05. The van der Waals surface area contributed by atoms with E-state index in [0.29, 0.717) is 43.5 Å². The fraction of sp³-hybridized carbons (Fsp3) is 0.481. The zero-order chi connectivity index (χ0) is 24.6. The van der Waals surface area contributed by atoms with Gasteiger partial charge in [-0.25, -0.2) is 8.42 Å². The Labute approximate surface area is 207 Å². The van der Waals surface area contributed by atoms with Gasteiger partial charge in [0.25, 0.3) is 5.91 Å². The highest BCUT2D eigenvalue weighted by molar-refractivity contribution is 7.89. The number of aryl methyl sites for hydroxylation is 1. The number of hydrogen-bond acceptors (Lipinski definition) is 4. The number of rotatable bonds is 5. The number of fused-ring (bicyclic) bond motifs is 1. The molecule has 0 N–H and O–H groups in total. The minimum atomic E-state index is -3.53. The molecule has 1 aliphatic carbocycles. The first-order valence-electron chi connectivity index (χ1n) is 12.6. The van der Waals surface area contributed by atoms with E-state index in [2.05, 4.69) is 0 Å². The van der Waals surface area contributed by atoms with Crippen LogP contribution in [0, 0.1) is 18.8 Å². The molecule has 0 radical (unpaired) electrons. The summed E-state index contributed by atoms with van der Waals surface area (Å²) in [6.07, 6.45) is 3.55. The molecule has 35 heavy (non-hydrogen) atoms. The van der Waals surface area contributed by atoms with Gasteiger partial charge >= 0.3 is 0 Å². The van der Waals surface area contributed by atoms with Crippen LogP contribution in [0.25, 0.3) is 0 Å². The third-order valence-corrected chi connectivity index (χ3v) is 9.69. The molecule has 1 saturated carbocycles. The summed E-state index contributed by atoms with van der Waals surface area (Å²) in [5, 5.41) is 0. The Kier molecular flexibility index (Phi) is 6.68. The molecule has 186 valence electrons. The fourth-order valence-electron chi connectivity index (χ4n) is 5.63. The van der Waals surface area contributed by atoms with Crippen molar-refractivity contribution in [1.82, 2.24) is 14.1 Å². The molecule has 0 atom stereocenters. The van der Waals surface area contributed by atoms with Gasteiger partial charge in [-0.05, 0) is 62.3 Å². The highest BCUT2D eigenvalue weighted by Crippen LogP contribution is 2.33. The van der Waals surface area contributed by atoms with Crippen molar-refractivity contribution in [3.8, 4) is 0 Å². The average Bonchev–Trinajstić information content (AvgIpc) is 3.19. The molecule has 2 aliphatic heterocycles. The van der Waals surface area contributed by atoms with Gasteiger partial charge in [-0.1, -0.05) is 35.9 Å². The first-order valence-corrected chi connectivity index (χ1v) is 14.0. The van der Waals surface area contributed by atoms with Gasteiger partial charge in [0, 0.05) is 50.7 Å². The predicted molar refractivity (Wildman–Crippen MR) is 133 cm³/mol. The van der Waals surface area contributed by atoms with Crippen LogP contribution in [-0.2, 0) is 21.4 Å². The van der Waals surface area contributed by atoms with Crippen LogP contribution < -0.4 is 0 Å². The number of piperazine rings is 1. The lowest BCUT2D eigenvalue weighted by Crippen LogP contribution is -2.52. The normalized spacial score (nSPS) is 23.4. The van der Waals surface area contributed by atoms with Crippen molar-refractivity contribution in [2.24, 2.45) is 11.8 Å². The van der Waals surface area contributed by atoms with E-state index in [4.69, 9.17) is 0 Å². The summed E-state index contributed by atoms with van der Waals surface area (Å²) in [7, 11) is -3.53. The number of hydrogen-bond donors (Lipinski definition) is 0. The highest BCUT2D eigenvalue weighted by atomic mass is 32.2. The van der Waals surface area contributed by atoms with E-state index in [1.165, 1.54) is 4.31 Å². The van der Waals surface area contributed by atoms with Crippen LogP contribution in [0.1, 0.15) is 47.2 Å². The summed E-state index contributed by atoms with van der Waals surface area (Å²) >= 11 is 0. The molecule has 3 aliphatic rings. The van der Waals surface area contributed by atoms with Gasteiger partial charge in [0.1, 0.15) is 0 Å². The van der Waals surface area contributed by atoms with Crippen molar-refractivity contribution in [2.45, 2.75) is 44.0 Å². The maximum atomic E-state index is 13.2. The lowest BCUT2D eigenvalue weighted by atomic mass is 9.81. The van der Waals surface area contributed by atoms with Gasteiger partial charge in [0.15, 0.2) is 0 Å². The second-order valence-corrected chi connectivity index (χ2v) is 12.0. The maximum absolute atomic E-state index is 13.2. The highest BCUT2D eigenvalue weighted by Gasteiger charge is 2.35. The van der Waals surface area contributed by atoms with Crippen molar-refractivity contribution in [1.29, 1.82) is 0 Å². The van der Waals surface area contributed by atoms with Crippen LogP contribution in [-0.4, -0.2) is 67.1 Å². The zero-order valence-corrected chi connectivity index (χ0v) is 21.0. The number of nitrogens with zero attached hydrogens (tertiary/aromatic N) is 3. The van der Waals surface area contributed by atoms with Crippen LogP contribution in [0.15, 0.2) is 53.4 Å². The lowest BCUT2D eigenvalue weighted by molar-refractivity contribution is -0.138. The van der Waals surface area contributed by atoms with Crippen LogP contribution in [0.5, 0.6) is 0 Å². The van der Waals surface area contributed by atoms with Crippen LogP contribution in [0.3, 0.4) is 0 Å². The Morgan fingerprint density at radius 1 is 0.914 bits per heavy atom. The first kappa shape index (κ1) is 24.0. The van der Waals surface area contributed by atoms with E-state index >= 15 is 0 Å². The Morgan fingerprint density at radius 2 is 1.57 bits per heavy atom. The van der Waals surface area contributed by atoms with E-state index < -0.39 is 10.0 Å². The van der Waals surface area contributed by atoms with Crippen molar-refractivity contribution in [2.75, 3.05) is 32.7 Å². The number of sulfonamides is 1.